The van der Waals surface area contributed by atoms with Gasteiger partial charge in [0.2, 0.25) is 5.91 Å². The molecule has 0 saturated heterocycles. The first-order chi connectivity index (χ1) is 10.4. The van der Waals surface area contributed by atoms with Gasteiger partial charge in [-0.25, -0.2) is 0 Å². The van der Waals surface area contributed by atoms with Gasteiger partial charge < -0.3 is 5.32 Å². The van der Waals surface area contributed by atoms with E-state index >= 15 is 0 Å². The molecule has 1 N–H and O–H groups in total. The molecule has 1 aliphatic carbocycles. The molecule has 7 heteroatoms. The summed E-state index contributed by atoms with van der Waals surface area (Å²) in [6, 6.07) is 2.35. The van der Waals surface area contributed by atoms with Gasteiger partial charge in [-0.2, -0.15) is 0 Å². The first-order valence-electron chi connectivity index (χ1n) is 7.52. The number of amides is 1. The van der Waals surface area contributed by atoms with E-state index in [1.54, 1.807) is 0 Å². The van der Waals surface area contributed by atoms with Crippen LogP contribution in [0.3, 0.4) is 0 Å². The van der Waals surface area contributed by atoms with Crippen LogP contribution in [-0.2, 0) is 11.3 Å². The normalized spacial score (nSPS) is 24.7. The molecule has 2 rings (SSSR count). The van der Waals surface area contributed by atoms with Crippen molar-refractivity contribution in [2.24, 2.45) is 11.8 Å². The molecule has 120 valence electrons. The SMILES string of the molecule is C[C@@H]1[C@@H](C)CCC[C@H]1NC(=O)Cn1cc([N+](=O)[O-])ccc1=O. The van der Waals surface area contributed by atoms with Gasteiger partial charge >= 0.3 is 0 Å². The molecule has 1 fully saturated rings. The Morgan fingerprint density at radius 3 is 2.82 bits per heavy atom. The zero-order chi connectivity index (χ0) is 16.3. The van der Waals surface area contributed by atoms with Crippen molar-refractivity contribution >= 4 is 11.6 Å². The molecular formula is C15H21N3O4. The average Bonchev–Trinajstić information content (AvgIpc) is 2.46. The van der Waals surface area contributed by atoms with Gasteiger partial charge in [0.1, 0.15) is 6.54 Å². The number of rotatable bonds is 4. The van der Waals surface area contributed by atoms with Gasteiger partial charge in [-0.05, 0) is 18.3 Å². The maximum Gasteiger partial charge on any atom is 0.285 e. The standard InChI is InChI=1S/C15H21N3O4/c1-10-4-3-5-13(11(10)2)16-14(19)9-17-8-12(18(21)22)6-7-15(17)20/h6-8,10-11,13H,3-5,9H2,1-2H3,(H,16,19)/t10-,11+,13+/m0/s1. The van der Waals surface area contributed by atoms with Gasteiger partial charge in [-0.1, -0.05) is 26.7 Å². The summed E-state index contributed by atoms with van der Waals surface area (Å²) in [7, 11) is 0. The highest BCUT2D eigenvalue weighted by Crippen LogP contribution is 2.29. The van der Waals surface area contributed by atoms with Crippen LogP contribution in [0, 0.1) is 22.0 Å². The molecule has 1 saturated carbocycles. The molecule has 0 aliphatic heterocycles. The number of nitro groups is 1. The highest BCUT2D eigenvalue weighted by atomic mass is 16.6. The molecular weight excluding hydrogens is 286 g/mol. The summed E-state index contributed by atoms with van der Waals surface area (Å²) in [4.78, 5) is 34.0. The van der Waals surface area contributed by atoms with E-state index in [2.05, 4.69) is 19.2 Å². The Labute approximate surface area is 128 Å². The molecule has 1 aromatic heterocycles. The summed E-state index contributed by atoms with van der Waals surface area (Å²) < 4.78 is 1.07. The van der Waals surface area contributed by atoms with Crippen LogP contribution in [0.5, 0.6) is 0 Å². The Hall–Kier alpha value is -2.18. The zero-order valence-electron chi connectivity index (χ0n) is 12.8. The van der Waals surface area contributed by atoms with E-state index in [4.69, 9.17) is 0 Å². The fourth-order valence-electron chi connectivity index (χ4n) is 2.94. The predicted octanol–water partition coefficient (Wildman–Crippen LogP) is 1.70. The predicted molar refractivity (Wildman–Crippen MR) is 81.5 cm³/mol. The number of hydrogen-bond acceptors (Lipinski definition) is 4. The Kier molecular flexibility index (Phi) is 4.95. The van der Waals surface area contributed by atoms with Crippen LogP contribution in [0.1, 0.15) is 33.1 Å². The van der Waals surface area contributed by atoms with Crippen LogP contribution in [0.15, 0.2) is 23.1 Å². The van der Waals surface area contributed by atoms with Crippen LogP contribution in [-0.4, -0.2) is 21.4 Å². The quantitative estimate of drug-likeness (QED) is 0.676. The maximum absolute atomic E-state index is 12.1. The van der Waals surface area contributed by atoms with Crippen molar-refractivity contribution in [1.82, 2.24) is 9.88 Å². The largest absolute Gasteiger partial charge is 0.352 e. The molecule has 1 aliphatic rings. The molecule has 22 heavy (non-hydrogen) atoms. The molecule has 0 radical (unpaired) electrons. The second-order valence-corrected chi connectivity index (χ2v) is 6.05. The summed E-state index contributed by atoms with van der Waals surface area (Å²) in [5.74, 6) is 0.660. The van der Waals surface area contributed by atoms with E-state index < -0.39 is 10.5 Å². The molecule has 1 amide bonds. The summed E-state index contributed by atoms with van der Waals surface area (Å²) in [5, 5.41) is 13.7. The number of hydrogen-bond donors (Lipinski definition) is 1. The molecule has 0 bridgehead atoms. The van der Waals surface area contributed by atoms with E-state index in [1.165, 1.54) is 0 Å². The number of nitrogens with zero attached hydrogens (tertiary/aromatic N) is 2. The summed E-state index contributed by atoms with van der Waals surface area (Å²) in [6.45, 7) is 4.10. The van der Waals surface area contributed by atoms with E-state index in [-0.39, 0.29) is 24.2 Å². The second kappa shape index (κ2) is 6.72. The van der Waals surface area contributed by atoms with Crippen LogP contribution >= 0.6 is 0 Å². The monoisotopic (exact) mass is 307 g/mol. The molecule has 1 heterocycles. The molecule has 0 spiro atoms. The Morgan fingerprint density at radius 2 is 2.14 bits per heavy atom. The molecule has 7 nitrogen and oxygen atoms in total. The van der Waals surface area contributed by atoms with Crippen LogP contribution in [0.2, 0.25) is 0 Å². The average molecular weight is 307 g/mol. The van der Waals surface area contributed by atoms with Crippen molar-refractivity contribution in [3.63, 3.8) is 0 Å². The lowest BCUT2D eigenvalue weighted by Gasteiger charge is -2.34. The molecule has 0 unspecified atom stereocenters. The second-order valence-electron chi connectivity index (χ2n) is 6.05. The minimum atomic E-state index is -0.585. The Morgan fingerprint density at radius 1 is 1.41 bits per heavy atom. The summed E-state index contributed by atoms with van der Waals surface area (Å²) in [6.07, 6.45) is 4.28. The number of nitrogens with one attached hydrogen (secondary N) is 1. The van der Waals surface area contributed by atoms with Crippen molar-refractivity contribution in [3.8, 4) is 0 Å². The van der Waals surface area contributed by atoms with Crippen LogP contribution < -0.4 is 10.9 Å². The highest BCUT2D eigenvalue weighted by molar-refractivity contribution is 5.76. The smallest absolute Gasteiger partial charge is 0.285 e. The fraction of sp³-hybridized carbons (Fsp3) is 0.600. The number of aromatic nitrogens is 1. The third-order valence-corrected chi connectivity index (χ3v) is 4.55. The first-order valence-corrected chi connectivity index (χ1v) is 7.52. The lowest BCUT2D eigenvalue weighted by atomic mass is 9.78. The van der Waals surface area contributed by atoms with Crippen LogP contribution in [0.25, 0.3) is 0 Å². The topological polar surface area (TPSA) is 94.2 Å². The van der Waals surface area contributed by atoms with Crippen molar-refractivity contribution in [2.75, 3.05) is 0 Å². The van der Waals surface area contributed by atoms with Gasteiger partial charge in [-0.3, -0.25) is 24.3 Å². The maximum atomic E-state index is 12.1. The van der Waals surface area contributed by atoms with E-state index in [0.29, 0.717) is 11.8 Å². The zero-order valence-corrected chi connectivity index (χ0v) is 12.8. The van der Waals surface area contributed by atoms with Crippen molar-refractivity contribution in [2.45, 2.75) is 45.7 Å². The lowest BCUT2D eigenvalue weighted by molar-refractivity contribution is -0.385. The third kappa shape index (κ3) is 3.72. The summed E-state index contributed by atoms with van der Waals surface area (Å²) in [5.41, 5.74) is -0.627. The van der Waals surface area contributed by atoms with E-state index in [1.807, 2.05) is 0 Å². The third-order valence-electron chi connectivity index (χ3n) is 4.55. The fourth-order valence-corrected chi connectivity index (χ4v) is 2.94. The van der Waals surface area contributed by atoms with Crippen molar-refractivity contribution in [1.29, 1.82) is 0 Å². The number of carbonyl (C=O) groups is 1. The molecule has 3 atom stereocenters. The lowest BCUT2D eigenvalue weighted by Crippen LogP contribution is -2.45. The van der Waals surface area contributed by atoms with Gasteiger partial charge in [0.15, 0.2) is 0 Å². The number of pyridine rings is 1. The van der Waals surface area contributed by atoms with E-state index in [9.17, 15) is 19.7 Å². The van der Waals surface area contributed by atoms with Gasteiger partial charge in [0.05, 0.1) is 11.1 Å². The van der Waals surface area contributed by atoms with Crippen molar-refractivity contribution < 1.29 is 9.72 Å². The minimum Gasteiger partial charge on any atom is -0.352 e. The summed E-state index contributed by atoms with van der Waals surface area (Å²) >= 11 is 0. The highest BCUT2D eigenvalue weighted by Gasteiger charge is 2.28. The van der Waals surface area contributed by atoms with Gasteiger partial charge in [0, 0.05) is 18.2 Å². The first kappa shape index (κ1) is 16.2. The number of carbonyl (C=O) groups excluding carboxylic acids is 1. The molecule has 1 aromatic rings. The van der Waals surface area contributed by atoms with E-state index in [0.717, 1.165) is 42.2 Å². The Balaban J connectivity index is 2.04. The van der Waals surface area contributed by atoms with Gasteiger partial charge in [-0.15, -0.1) is 0 Å². The Bertz CT molecular complexity index is 625. The van der Waals surface area contributed by atoms with Crippen molar-refractivity contribution in [3.05, 3.63) is 38.8 Å². The molecule has 0 aromatic carbocycles. The van der Waals surface area contributed by atoms with Gasteiger partial charge in [0.25, 0.3) is 11.2 Å². The minimum absolute atomic E-state index is 0.102. The van der Waals surface area contributed by atoms with Crippen LogP contribution in [0.4, 0.5) is 5.69 Å².